The lowest BCUT2D eigenvalue weighted by molar-refractivity contribution is -0.139. The van der Waals surface area contributed by atoms with Crippen LogP contribution in [0.4, 0.5) is 4.79 Å². The van der Waals surface area contributed by atoms with Gasteiger partial charge in [-0.2, -0.15) is 0 Å². The summed E-state index contributed by atoms with van der Waals surface area (Å²) in [5.41, 5.74) is 0.802. The Balaban J connectivity index is 1.95. The van der Waals surface area contributed by atoms with Crippen LogP contribution in [0.15, 0.2) is 30.3 Å². The number of rotatable bonds is 4. The normalized spacial score (nSPS) is 21.5. The predicted molar refractivity (Wildman–Crippen MR) is 79.9 cm³/mol. The smallest absolute Gasteiger partial charge is 0.330 e. The number of amides is 2. The van der Waals surface area contributed by atoms with E-state index in [4.69, 9.17) is 0 Å². The maximum Gasteiger partial charge on any atom is 0.330 e. The summed E-state index contributed by atoms with van der Waals surface area (Å²) in [4.78, 5) is 23.3. The molecule has 2 unspecified atom stereocenters. The van der Waals surface area contributed by atoms with Gasteiger partial charge in [-0.25, -0.2) is 9.59 Å². The summed E-state index contributed by atoms with van der Waals surface area (Å²) in [6, 6.07) is 7.37. The van der Waals surface area contributed by atoms with Crippen molar-refractivity contribution in [2.45, 2.75) is 45.2 Å². The highest BCUT2D eigenvalue weighted by Gasteiger charge is 2.32. The fourth-order valence-electron chi connectivity index (χ4n) is 2.85. The van der Waals surface area contributed by atoms with E-state index >= 15 is 0 Å². The largest absolute Gasteiger partial charge is 0.479 e. The first-order valence-electron chi connectivity index (χ1n) is 7.22. The third kappa shape index (κ3) is 4.21. The number of nitrogens with one attached hydrogen (secondary N) is 2. The van der Waals surface area contributed by atoms with Gasteiger partial charge in [-0.3, -0.25) is 0 Å². The zero-order valence-corrected chi connectivity index (χ0v) is 12.4. The molecule has 0 saturated heterocycles. The molecular formula is C16H22N2O3. The molecule has 0 radical (unpaired) electrons. The molecule has 1 aliphatic carbocycles. The Morgan fingerprint density at radius 3 is 2.48 bits per heavy atom. The Bertz CT molecular complexity index is 514. The van der Waals surface area contributed by atoms with Gasteiger partial charge < -0.3 is 15.7 Å². The highest BCUT2D eigenvalue weighted by atomic mass is 16.4. The maximum absolute atomic E-state index is 12.0. The molecule has 5 nitrogen and oxygen atoms in total. The summed E-state index contributed by atoms with van der Waals surface area (Å²) >= 11 is 0. The van der Waals surface area contributed by atoms with Crippen LogP contribution in [-0.2, 0) is 4.79 Å². The number of carboxylic acid groups (broad SMARTS) is 1. The first-order valence-corrected chi connectivity index (χ1v) is 7.22. The lowest BCUT2D eigenvalue weighted by atomic mass is 9.92. The topological polar surface area (TPSA) is 78.4 Å². The highest BCUT2D eigenvalue weighted by Crippen LogP contribution is 2.36. The summed E-state index contributed by atoms with van der Waals surface area (Å²) < 4.78 is 0. The molecule has 1 aromatic carbocycles. The van der Waals surface area contributed by atoms with Gasteiger partial charge in [0.2, 0.25) is 0 Å². The highest BCUT2D eigenvalue weighted by molar-refractivity contribution is 5.83. The first kappa shape index (κ1) is 15.4. The zero-order valence-electron chi connectivity index (χ0n) is 12.4. The molecule has 2 atom stereocenters. The number of hydrogen-bond donors (Lipinski definition) is 3. The van der Waals surface area contributed by atoms with E-state index in [1.54, 1.807) is 24.3 Å². The summed E-state index contributed by atoms with van der Waals surface area (Å²) in [7, 11) is 0. The van der Waals surface area contributed by atoms with Gasteiger partial charge in [-0.05, 0) is 30.2 Å². The fraction of sp³-hybridized carbons (Fsp3) is 0.500. The van der Waals surface area contributed by atoms with Crippen molar-refractivity contribution in [1.29, 1.82) is 0 Å². The van der Waals surface area contributed by atoms with Crippen LogP contribution in [0.2, 0.25) is 0 Å². The van der Waals surface area contributed by atoms with E-state index in [0.29, 0.717) is 5.56 Å². The number of hydrogen-bond acceptors (Lipinski definition) is 2. The minimum Gasteiger partial charge on any atom is -0.479 e. The first-order chi connectivity index (χ1) is 9.87. The average Bonchev–Trinajstić information content (AvgIpc) is 2.76. The third-order valence-electron chi connectivity index (χ3n) is 3.96. The standard InChI is InChI=1S/C16H22N2O3/c1-16(2)9-8-12(10-16)17-15(21)18-13(14(19)20)11-6-4-3-5-7-11/h3-7,12-13H,8-10H2,1-2H3,(H,19,20)(H2,17,18,21). The van der Waals surface area contributed by atoms with Gasteiger partial charge >= 0.3 is 12.0 Å². The Morgan fingerprint density at radius 1 is 1.29 bits per heavy atom. The van der Waals surface area contributed by atoms with E-state index < -0.39 is 18.0 Å². The van der Waals surface area contributed by atoms with E-state index in [-0.39, 0.29) is 11.5 Å². The van der Waals surface area contributed by atoms with Crippen molar-refractivity contribution < 1.29 is 14.7 Å². The second kappa shape index (κ2) is 6.16. The third-order valence-corrected chi connectivity index (χ3v) is 3.96. The molecule has 1 saturated carbocycles. The van der Waals surface area contributed by atoms with E-state index in [1.165, 1.54) is 0 Å². The molecule has 2 amide bonds. The van der Waals surface area contributed by atoms with Gasteiger partial charge in [-0.1, -0.05) is 44.2 Å². The van der Waals surface area contributed by atoms with Crippen molar-refractivity contribution in [1.82, 2.24) is 10.6 Å². The van der Waals surface area contributed by atoms with Gasteiger partial charge in [0.1, 0.15) is 0 Å². The summed E-state index contributed by atoms with van der Waals surface area (Å²) in [5, 5.41) is 14.7. The molecule has 2 rings (SSSR count). The lowest BCUT2D eigenvalue weighted by Gasteiger charge is -2.20. The van der Waals surface area contributed by atoms with Crippen LogP contribution in [-0.4, -0.2) is 23.1 Å². The monoisotopic (exact) mass is 290 g/mol. The molecule has 1 aromatic rings. The van der Waals surface area contributed by atoms with Crippen molar-refractivity contribution >= 4 is 12.0 Å². The molecule has 21 heavy (non-hydrogen) atoms. The number of carbonyl (C=O) groups excluding carboxylic acids is 1. The van der Waals surface area contributed by atoms with E-state index in [1.807, 2.05) is 6.07 Å². The Labute approximate surface area is 124 Å². The second-order valence-electron chi connectivity index (χ2n) is 6.40. The van der Waals surface area contributed by atoms with Crippen LogP contribution < -0.4 is 10.6 Å². The van der Waals surface area contributed by atoms with Crippen LogP contribution in [0.5, 0.6) is 0 Å². The van der Waals surface area contributed by atoms with Gasteiger partial charge in [0.05, 0.1) is 0 Å². The molecule has 0 aliphatic heterocycles. The maximum atomic E-state index is 12.0. The van der Waals surface area contributed by atoms with Crippen LogP contribution in [0.3, 0.4) is 0 Å². The van der Waals surface area contributed by atoms with Crippen molar-refractivity contribution in [3.8, 4) is 0 Å². The molecule has 114 valence electrons. The number of aliphatic carboxylic acids is 1. The van der Waals surface area contributed by atoms with E-state index in [9.17, 15) is 14.7 Å². The summed E-state index contributed by atoms with van der Waals surface area (Å²) in [6.45, 7) is 4.35. The van der Waals surface area contributed by atoms with Crippen LogP contribution in [0.1, 0.15) is 44.7 Å². The lowest BCUT2D eigenvalue weighted by Crippen LogP contribution is -2.44. The van der Waals surface area contributed by atoms with E-state index in [0.717, 1.165) is 19.3 Å². The molecule has 0 bridgehead atoms. The molecule has 0 aromatic heterocycles. The number of carboxylic acids is 1. The van der Waals surface area contributed by atoms with Crippen molar-refractivity contribution in [3.05, 3.63) is 35.9 Å². The molecular weight excluding hydrogens is 268 g/mol. The SMILES string of the molecule is CC1(C)CCC(NC(=O)NC(C(=O)O)c2ccccc2)C1. The molecule has 3 N–H and O–H groups in total. The number of urea groups is 1. The Morgan fingerprint density at radius 2 is 1.95 bits per heavy atom. The molecule has 5 heteroatoms. The van der Waals surface area contributed by atoms with Crippen molar-refractivity contribution in [2.24, 2.45) is 5.41 Å². The quantitative estimate of drug-likeness (QED) is 0.797. The number of carbonyl (C=O) groups is 2. The zero-order chi connectivity index (χ0) is 15.5. The Kier molecular flexibility index (Phi) is 4.50. The van der Waals surface area contributed by atoms with Crippen molar-refractivity contribution in [3.63, 3.8) is 0 Å². The van der Waals surface area contributed by atoms with Crippen LogP contribution in [0.25, 0.3) is 0 Å². The molecule has 0 heterocycles. The predicted octanol–water partition coefficient (Wildman–Crippen LogP) is 2.69. The minimum absolute atomic E-state index is 0.116. The molecule has 1 aliphatic rings. The molecule has 1 fully saturated rings. The molecule has 0 spiro atoms. The van der Waals surface area contributed by atoms with Crippen LogP contribution >= 0.6 is 0 Å². The van der Waals surface area contributed by atoms with Crippen LogP contribution in [0, 0.1) is 5.41 Å². The van der Waals surface area contributed by atoms with E-state index in [2.05, 4.69) is 24.5 Å². The Hall–Kier alpha value is -2.04. The van der Waals surface area contributed by atoms with Gasteiger partial charge in [0, 0.05) is 6.04 Å². The fourth-order valence-corrected chi connectivity index (χ4v) is 2.85. The number of benzene rings is 1. The second-order valence-corrected chi connectivity index (χ2v) is 6.40. The average molecular weight is 290 g/mol. The summed E-state index contributed by atoms with van der Waals surface area (Å²) in [6.07, 6.45) is 2.92. The summed E-state index contributed by atoms with van der Waals surface area (Å²) in [5.74, 6) is -1.07. The van der Waals surface area contributed by atoms with Gasteiger partial charge in [0.15, 0.2) is 6.04 Å². The minimum atomic E-state index is -1.07. The van der Waals surface area contributed by atoms with Gasteiger partial charge in [-0.15, -0.1) is 0 Å². The van der Waals surface area contributed by atoms with Crippen molar-refractivity contribution in [2.75, 3.05) is 0 Å². The van der Waals surface area contributed by atoms with Gasteiger partial charge in [0.25, 0.3) is 0 Å².